The predicted molar refractivity (Wildman–Crippen MR) is 117 cm³/mol. The third kappa shape index (κ3) is 5.69. The first-order chi connectivity index (χ1) is 14.7. The molecule has 0 spiro atoms. The highest BCUT2D eigenvalue weighted by Crippen LogP contribution is 2.31. The molecular weight excluding hydrogens is 421 g/mol. The fourth-order valence-electron chi connectivity index (χ4n) is 2.71. The predicted octanol–water partition coefficient (Wildman–Crippen LogP) is 6.29. The molecule has 0 bridgehead atoms. The van der Waals surface area contributed by atoms with Crippen molar-refractivity contribution in [2.75, 3.05) is 5.32 Å². The number of anilines is 1. The van der Waals surface area contributed by atoms with E-state index < -0.39 is 23.3 Å². The number of carbonyl (C=O) groups excluding carboxylic acids is 2. The van der Waals surface area contributed by atoms with Crippen LogP contribution in [0.4, 0.5) is 10.1 Å². The maximum atomic E-state index is 14.5. The second kappa shape index (κ2) is 9.29. The van der Waals surface area contributed by atoms with Gasteiger partial charge in [-0.25, -0.2) is 9.18 Å². The van der Waals surface area contributed by atoms with E-state index >= 15 is 0 Å². The third-order valence-corrected chi connectivity index (χ3v) is 4.45. The van der Waals surface area contributed by atoms with E-state index in [0.717, 1.165) is 0 Å². The molecular formula is C24H21ClFNO4. The zero-order chi connectivity index (χ0) is 22.6. The number of benzene rings is 3. The Labute approximate surface area is 184 Å². The van der Waals surface area contributed by atoms with Crippen LogP contribution in [0.3, 0.4) is 0 Å². The fraction of sp³-hybridized carbons (Fsp3) is 0.167. The fourth-order valence-corrected chi connectivity index (χ4v) is 2.89. The van der Waals surface area contributed by atoms with E-state index in [2.05, 4.69) is 5.32 Å². The zero-order valence-electron chi connectivity index (χ0n) is 17.2. The highest BCUT2D eigenvalue weighted by atomic mass is 35.5. The standard InChI is InChI=1S/C24H21ClFNO4/c1-24(2,3)31-30-23(29)18-13-12-16(17-10-7-11-19(25)21(17)26)14-20(18)27-22(28)15-8-5-4-6-9-15/h4-14H,1-3H3,(H,27,28). The van der Waals surface area contributed by atoms with Crippen molar-refractivity contribution in [2.45, 2.75) is 26.4 Å². The van der Waals surface area contributed by atoms with Crippen molar-refractivity contribution >= 4 is 29.2 Å². The molecule has 3 aromatic rings. The van der Waals surface area contributed by atoms with E-state index in [-0.39, 0.29) is 21.8 Å². The number of hydrogen-bond acceptors (Lipinski definition) is 4. The molecule has 0 fully saturated rings. The minimum atomic E-state index is -0.795. The maximum absolute atomic E-state index is 14.5. The van der Waals surface area contributed by atoms with E-state index in [4.69, 9.17) is 21.4 Å². The van der Waals surface area contributed by atoms with Crippen molar-refractivity contribution in [2.24, 2.45) is 0 Å². The van der Waals surface area contributed by atoms with Gasteiger partial charge in [0.05, 0.1) is 16.3 Å². The minimum Gasteiger partial charge on any atom is -0.321 e. The van der Waals surface area contributed by atoms with Gasteiger partial charge in [-0.2, -0.15) is 4.89 Å². The molecule has 0 aliphatic rings. The Morgan fingerprint density at radius 3 is 2.35 bits per heavy atom. The Kier molecular flexibility index (Phi) is 6.73. The molecule has 0 unspecified atom stereocenters. The molecule has 0 aliphatic heterocycles. The molecule has 0 heterocycles. The smallest absolute Gasteiger partial charge is 0.321 e. The van der Waals surface area contributed by atoms with Gasteiger partial charge < -0.3 is 5.32 Å². The lowest BCUT2D eigenvalue weighted by Crippen LogP contribution is -2.23. The molecule has 0 aromatic heterocycles. The lowest BCUT2D eigenvalue weighted by Gasteiger charge is -2.18. The van der Waals surface area contributed by atoms with Crippen LogP contribution in [0.15, 0.2) is 66.7 Å². The summed E-state index contributed by atoms with van der Waals surface area (Å²) in [7, 11) is 0. The first-order valence-electron chi connectivity index (χ1n) is 9.50. The second-order valence-electron chi connectivity index (χ2n) is 7.75. The summed E-state index contributed by atoms with van der Waals surface area (Å²) in [4.78, 5) is 35.3. The Hall–Kier alpha value is -3.22. The molecule has 3 aromatic carbocycles. The molecule has 0 saturated heterocycles. The maximum Gasteiger partial charge on any atom is 0.375 e. The lowest BCUT2D eigenvalue weighted by molar-refractivity contribution is -0.301. The van der Waals surface area contributed by atoms with Gasteiger partial charge in [0.2, 0.25) is 0 Å². The van der Waals surface area contributed by atoms with Gasteiger partial charge in [0.15, 0.2) is 0 Å². The van der Waals surface area contributed by atoms with Crippen molar-refractivity contribution in [3.8, 4) is 11.1 Å². The second-order valence-corrected chi connectivity index (χ2v) is 8.16. The normalized spacial score (nSPS) is 11.1. The largest absolute Gasteiger partial charge is 0.375 e. The molecule has 31 heavy (non-hydrogen) atoms. The molecule has 3 rings (SSSR count). The van der Waals surface area contributed by atoms with Crippen molar-refractivity contribution < 1.29 is 23.8 Å². The number of halogens is 2. The van der Waals surface area contributed by atoms with E-state index in [1.165, 1.54) is 18.2 Å². The van der Waals surface area contributed by atoms with Gasteiger partial charge >= 0.3 is 5.97 Å². The van der Waals surface area contributed by atoms with Crippen LogP contribution < -0.4 is 5.32 Å². The molecule has 0 saturated carbocycles. The number of amides is 1. The first-order valence-corrected chi connectivity index (χ1v) is 9.88. The number of hydrogen-bond donors (Lipinski definition) is 1. The van der Waals surface area contributed by atoms with Gasteiger partial charge in [0, 0.05) is 11.1 Å². The van der Waals surface area contributed by atoms with Gasteiger partial charge in [0.1, 0.15) is 11.4 Å². The summed E-state index contributed by atoms with van der Waals surface area (Å²) in [6, 6.07) is 17.6. The van der Waals surface area contributed by atoms with E-state index in [0.29, 0.717) is 11.1 Å². The van der Waals surface area contributed by atoms with Crippen molar-refractivity contribution in [1.29, 1.82) is 0 Å². The van der Waals surface area contributed by atoms with Gasteiger partial charge in [-0.1, -0.05) is 48.0 Å². The summed E-state index contributed by atoms with van der Waals surface area (Å²) in [5.41, 5.74) is 0.540. The van der Waals surface area contributed by atoms with Crippen LogP contribution in [-0.4, -0.2) is 17.5 Å². The number of nitrogens with one attached hydrogen (secondary N) is 1. The number of rotatable bonds is 5. The van der Waals surface area contributed by atoms with E-state index in [1.54, 1.807) is 69.3 Å². The molecule has 5 nitrogen and oxygen atoms in total. The molecule has 0 aliphatic carbocycles. The van der Waals surface area contributed by atoms with Crippen molar-refractivity contribution in [3.63, 3.8) is 0 Å². The first kappa shape index (κ1) is 22.5. The summed E-state index contributed by atoms with van der Waals surface area (Å²) in [6.07, 6.45) is 0. The van der Waals surface area contributed by atoms with Crippen LogP contribution in [0.5, 0.6) is 0 Å². The topological polar surface area (TPSA) is 64.6 Å². The van der Waals surface area contributed by atoms with Crippen LogP contribution in [0, 0.1) is 5.82 Å². The van der Waals surface area contributed by atoms with E-state index in [1.807, 2.05) is 0 Å². The monoisotopic (exact) mass is 441 g/mol. The quantitative estimate of drug-likeness (QED) is 0.373. The molecule has 7 heteroatoms. The van der Waals surface area contributed by atoms with E-state index in [9.17, 15) is 14.0 Å². The van der Waals surface area contributed by atoms with Crippen LogP contribution in [0.2, 0.25) is 5.02 Å². The summed E-state index contributed by atoms with van der Waals surface area (Å²) >= 11 is 5.90. The Balaban J connectivity index is 2.00. The van der Waals surface area contributed by atoms with Gasteiger partial charge in [-0.15, -0.1) is 0 Å². The highest BCUT2D eigenvalue weighted by molar-refractivity contribution is 6.31. The lowest BCUT2D eigenvalue weighted by atomic mass is 10.0. The van der Waals surface area contributed by atoms with Crippen molar-refractivity contribution in [1.82, 2.24) is 0 Å². The average Bonchev–Trinajstić information content (AvgIpc) is 2.74. The summed E-state index contributed by atoms with van der Waals surface area (Å²) in [5, 5.41) is 2.67. The third-order valence-electron chi connectivity index (χ3n) is 4.15. The van der Waals surface area contributed by atoms with Crippen LogP contribution >= 0.6 is 11.6 Å². The minimum absolute atomic E-state index is 0.0329. The molecule has 0 radical (unpaired) electrons. The van der Waals surface area contributed by atoms with Crippen molar-refractivity contribution in [3.05, 3.63) is 88.7 Å². The number of carbonyl (C=O) groups is 2. The Morgan fingerprint density at radius 2 is 1.68 bits per heavy atom. The molecule has 1 N–H and O–H groups in total. The van der Waals surface area contributed by atoms with Gasteiger partial charge in [0.25, 0.3) is 5.91 Å². The molecule has 1 amide bonds. The average molecular weight is 442 g/mol. The van der Waals surface area contributed by atoms with Crippen LogP contribution in [0.25, 0.3) is 11.1 Å². The van der Waals surface area contributed by atoms with Crippen LogP contribution in [-0.2, 0) is 9.78 Å². The Bertz CT molecular complexity index is 1110. The van der Waals surface area contributed by atoms with Gasteiger partial charge in [-0.3, -0.25) is 9.68 Å². The summed E-state index contributed by atoms with van der Waals surface area (Å²) < 4.78 is 14.5. The molecule has 0 atom stereocenters. The summed E-state index contributed by atoms with van der Waals surface area (Å²) in [6.45, 7) is 5.18. The SMILES string of the molecule is CC(C)(C)OOC(=O)c1ccc(-c2cccc(Cl)c2F)cc1NC(=O)c1ccccc1. The summed E-state index contributed by atoms with van der Waals surface area (Å²) in [5.74, 6) is -1.83. The zero-order valence-corrected chi connectivity index (χ0v) is 18.0. The Morgan fingerprint density at radius 1 is 0.968 bits per heavy atom. The highest BCUT2D eigenvalue weighted by Gasteiger charge is 2.21. The van der Waals surface area contributed by atoms with Crippen LogP contribution in [0.1, 0.15) is 41.5 Å². The van der Waals surface area contributed by atoms with Gasteiger partial charge in [-0.05, 0) is 56.7 Å². The molecule has 160 valence electrons.